The molecular formula is C26H19BrClN3OS. The van der Waals surface area contributed by atoms with Crippen LogP contribution in [0.5, 0.6) is 0 Å². The van der Waals surface area contributed by atoms with Crippen molar-refractivity contribution in [1.29, 1.82) is 0 Å². The van der Waals surface area contributed by atoms with Crippen LogP contribution in [-0.2, 0) is 6.54 Å². The number of ketones is 1. The van der Waals surface area contributed by atoms with E-state index >= 15 is 0 Å². The maximum atomic E-state index is 11.5. The summed E-state index contributed by atoms with van der Waals surface area (Å²) in [6.45, 7) is 2.31. The normalized spacial score (nSPS) is 11.1. The standard InChI is InChI=1S/C26H19BrClN3OS/c1-16(32)18-4-9-21(10-5-18)29-26-30-24(15-33-26)23-14-31(13-17-2-7-20(28)8-3-17)25-11-6-19(27)12-22(23)25/h2-12,14-15H,13H2,1H3,(H,29,30). The molecule has 0 atom stereocenters. The number of hydrogen-bond donors (Lipinski definition) is 1. The molecule has 3 aromatic carbocycles. The van der Waals surface area contributed by atoms with E-state index in [0.717, 1.165) is 49.0 Å². The van der Waals surface area contributed by atoms with Gasteiger partial charge in [0.25, 0.3) is 0 Å². The molecule has 0 amide bonds. The Bertz CT molecular complexity index is 1460. The number of anilines is 2. The smallest absolute Gasteiger partial charge is 0.187 e. The van der Waals surface area contributed by atoms with E-state index in [9.17, 15) is 4.79 Å². The van der Waals surface area contributed by atoms with Gasteiger partial charge in [-0.3, -0.25) is 4.79 Å². The zero-order valence-corrected chi connectivity index (χ0v) is 20.8. The van der Waals surface area contributed by atoms with Gasteiger partial charge in [0.1, 0.15) is 0 Å². The van der Waals surface area contributed by atoms with Gasteiger partial charge in [-0.2, -0.15) is 0 Å². The largest absolute Gasteiger partial charge is 0.342 e. The van der Waals surface area contributed by atoms with Crippen molar-refractivity contribution < 1.29 is 4.79 Å². The van der Waals surface area contributed by atoms with Crippen LogP contribution in [0.25, 0.3) is 22.2 Å². The molecule has 0 aliphatic rings. The third kappa shape index (κ3) is 4.74. The summed E-state index contributed by atoms with van der Waals surface area (Å²) in [7, 11) is 0. The molecule has 0 unspecified atom stereocenters. The maximum absolute atomic E-state index is 11.5. The minimum Gasteiger partial charge on any atom is -0.342 e. The van der Waals surface area contributed by atoms with E-state index < -0.39 is 0 Å². The molecule has 0 saturated heterocycles. The van der Waals surface area contributed by atoms with Crippen LogP contribution in [0.2, 0.25) is 5.02 Å². The van der Waals surface area contributed by atoms with Crippen molar-refractivity contribution >= 4 is 66.4 Å². The van der Waals surface area contributed by atoms with Gasteiger partial charge in [-0.1, -0.05) is 39.7 Å². The van der Waals surface area contributed by atoms with Crippen molar-refractivity contribution in [2.24, 2.45) is 0 Å². The average molecular weight is 537 g/mol. The average Bonchev–Trinajstić information content (AvgIpc) is 3.40. The third-order valence-corrected chi connectivity index (χ3v) is 6.94. The number of carbonyl (C=O) groups excluding carboxylic acids is 1. The molecule has 0 aliphatic heterocycles. The molecule has 0 radical (unpaired) electrons. The molecule has 5 rings (SSSR count). The zero-order chi connectivity index (χ0) is 22.9. The van der Waals surface area contributed by atoms with E-state index in [1.54, 1.807) is 18.3 Å². The monoisotopic (exact) mass is 535 g/mol. The van der Waals surface area contributed by atoms with Gasteiger partial charge in [0, 0.05) is 55.3 Å². The number of fused-ring (bicyclic) bond motifs is 1. The van der Waals surface area contributed by atoms with Crippen LogP contribution in [0.4, 0.5) is 10.8 Å². The molecular weight excluding hydrogens is 518 g/mol. The van der Waals surface area contributed by atoms with Crippen LogP contribution in [0.3, 0.4) is 0 Å². The van der Waals surface area contributed by atoms with Crippen molar-refractivity contribution in [3.8, 4) is 11.3 Å². The number of benzene rings is 3. The highest BCUT2D eigenvalue weighted by Gasteiger charge is 2.14. The van der Waals surface area contributed by atoms with Crippen LogP contribution in [0.15, 0.2) is 82.8 Å². The third-order valence-electron chi connectivity index (χ3n) is 5.43. The summed E-state index contributed by atoms with van der Waals surface area (Å²) in [6.07, 6.45) is 2.16. The van der Waals surface area contributed by atoms with E-state index in [1.807, 2.05) is 36.4 Å². The van der Waals surface area contributed by atoms with Crippen molar-refractivity contribution in [3.63, 3.8) is 0 Å². The van der Waals surface area contributed by atoms with Crippen LogP contribution in [-0.4, -0.2) is 15.3 Å². The molecule has 0 bridgehead atoms. The lowest BCUT2D eigenvalue weighted by molar-refractivity contribution is 0.101. The molecule has 164 valence electrons. The van der Waals surface area contributed by atoms with Gasteiger partial charge in [0.2, 0.25) is 0 Å². The highest BCUT2D eigenvalue weighted by Crippen LogP contribution is 2.35. The minimum atomic E-state index is 0.0548. The lowest BCUT2D eigenvalue weighted by Crippen LogP contribution is -1.97. The molecule has 0 spiro atoms. The summed E-state index contributed by atoms with van der Waals surface area (Å²) in [6, 6.07) is 21.7. The first-order valence-corrected chi connectivity index (χ1v) is 12.4. The van der Waals surface area contributed by atoms with E-state index in [-0.39, 0.29) is 5.78 Å². The Balaban J connectivity index is 1.47. The highest BCUT2D eigenvalue weighted by molar-refractivity contribution is 9.10. The second-order valence-corrected chi connectivity index (χ2v) is 9.97. The SMILES string of the molecule is CC(=O)c1ccc(Nc2nc(-c3cn(Cc4ccc(Cl)cc4)c4ccc(Br)cc34)cs2)cc1. The summed E-state index contributed by atoms with van der Waals surface area (Å²) in [5, 5.41) is 8.08. The Morgan fingerprint density at radius 1 is 1.09 bits per heavy atom. The van der Waals surface area contributed by atoms with E-state index in [4.69, 9.17) is 16.6 Å². The van der Waals surface area contributed by atoms with E-state index in [1.165, 1.54) is 5.56 Å². The second kappa shape index (κ2) is 9.14. The number of aromatic nitrogens is 2. The summed E-state index contributed by atoms with van der Waals surface area (Å²) in [5.74, 6) is 0.0548. The zero-order valence-electron chi connectivity index (χ0n) is 17.7. The number of rotatable bonds is 6. The van der Waals surface area contributed by atoms with Crippen molar-refractivity contribution in [3.05, 3.63) is 98.9 Å². The Labute approximate surface area is 209 Å². The first kappa shape index (κ1) is 21.9. The quantitative estimate of drug-likeness (QED) is 0.223. The molecule has 0 saturated carbocycles. The predicted molar refractivity (Wildman–Crippen MR) is 141 cm³/mol. The Hall–Kier alpha value is -2.93. The second-order valence-electron chi connectivity index (χ2n) is 7.76. The van der Waals surface area contributed by atoms with Gasteiger partial charge in [-0.15, -0.1) is 11.3 Å². The summed E-state index contributed by atoms with van der Waals surface area (Å²) in [5.41, 5.74) is 5.91. The molecule has 4 nitrogen and oxygen atoms in total. The summed E-state index contributed by atoms with van der Waals surface area (Å²) >= 11 is 11.2. The number of nitrogens with one attached hydrogen (secondary N) is 1. The van der Waals surface area contributed by atoms with Crippen LogP contribution in [0.1, 0.15) is 22.8 Å². The van der Waals surface area contributed by atoms with Gasteiger partial charge < -0.3 is 9.88 Å². The molecule has 1 N–H and O–H groups in total. The number of Topliss-reactive ketones (excluding diaryl/α,β-unsaturated/α-hetero) is 1. The molecule has 0 aliphatic carbocycles. The molecule has 7 heteroatoms. The lowest BCUT2D eigenvalue weighted by Gasteiger charge is -2.06. The fourth-order valence-corrected chi connectivity index (χ4v) is 4.98. The van der Waals surface area contributed by atoms with Gasteiger partial charge in [-0.25, -0.2) is 4.98 Å². The number of carbonyl (C=O) groups is 1. The van der Waals surface area contributed by atoms with Crippen molar-refractivity contribution in [2.75, 3.05) is 5.32 Å². The van der Waals surface area contributed by atoms with Gasteiger partial charge >= 0.3 is 0 Å². The van der Waals surface area contributed by atoms with Gasteiger partial charge in [0.15, 0.2) is 10.9 Å². The van der Waals surface area contributed by atoms with Gasteiger partial charge in [-0.05, 0) is 67.1 Å². The molecule has 2 aromatic heterocycles. The minimum absolute atomic E-state index is 0.0548. The topological polar surface area (TPSA) is 46.9 Å². The van der Waals surface area contributed by atoms with Crippen LogP contribution in [0, 0.1) is 0 Å². The van der Waals surface area contributed by atoms with E-state index in [0.29, 0.717) is 5.56 Å². The van der Waals surface area contributed by atoms with E-state index in [2.05, 4.69) is 67.7 Å². The number of thiazole rings is 1. The van der Waals surface area contributed by atoms with Crippen molar-refractivity contribution in [2.45, 2.75) is 13.5 Å². The molecule has 0 fully saturated rings. The molecule has 5 aromatic rings. The fraction of sp³-hybridized carbons (Fsp3) is 0.0769. The number of nitrogens with zero attached hydrogens (tertiary/aromatic N) is 2. The lowest BCUT2D eigenvalue weighted by atomic mass is 10.1. The summed E-state index contributed by atoms with van der Waals surface area (Å²) in [4.78, 5) is 16.3. The van der Waals surface area contributed by atoms with Crippen LogP contribution < -0.4 is 5.32 Å². The van der Waals surface area contributed by atoms with Crippen molar-refractivity contribution in [1.82, 2.24) is 9.55 Å². The summed E-state index contributed by atoms with van der Waals surface area (Å²) < 4.78 is 3.27. The first-order valence-electron chi connectivity index (χ1n) is 10.3. The Kier molecular flexibility index (Phi) is 6.06. The fourth-order valence-electron chi connectivity index (χ4n) is 3.76. The maximum Gasteiger partial charge on any atom is 0.187 e. The first-order chi connectivity index (χ1) is 16.0. The molecule has 33 heavy (non-hydrogen) atoms. The molecule has 2 heterocycles. The highest BCUT2D eigenvalue weighted by atomic mass is 79.9. The number of halogens is 2. The van der Waals surface area contributed by atoms with Crippen LogP contribution >= 0.6 is 38.9 Å². The van der Waals surface area contributed by atoms with Gasteiger partial charge in [0.05, 0.1) is 5.69 Å². The Morgan fingerprint density at radius 2 is 1.85 bits per heavy atom. The number of hydrogen-bond acceptors (Lipinski definition) is 4. The Morgan fingerprint density at radius 3 is 2.58 bits per heavy atom. The predicted octanol–water partition coefficient (Wildman–Crippen LogP) is 8.18.